The van der Waals surface area contributed by atoms with Crippen molar-refractivity contribution < 1.29 is 9.21 Å². The summed E-state index contributed by atoms with van der Waals surface area (Å²) in [7, 11) is 0. The number of hydrogen-bond donors (Lipinski definition) is 0. The van der Waals surface area contributed by atoms with Crippen molar-refractivity contribution in [2.75, 3.05) is 16.4 Å². The lowest BCUT2D eigenvalue weighted by Gasteiger charge is -2.48. The Kier molecular flexibility index (Phi) is 3.56. The van der Waals surface area contributed by atoms with Crippen LogP contribution >= 0.6 is 46.7 Å². The van der Waals surface area contributed by atoms with Crippen LogP contribution in [-0.2, 0) is 4.79 Å². The lowest BCUT2D eigenvalue weighted by atomic mass is 10.2. The van der Waals surface area contributed by atoms with Gasteiger partial charge in [0.25, 0.3) is 5.91 Å². The van der Waals surface area contributed by atoms with Gasteiger partial charge in [-0.3, -0.25) is 4.79 Å². The van der Waals surface area contributed by atoms with E-state index in [1.54, 1.807) is 47.8 Å². The number of anilines is 1. The fourth-order valence-electron chi connectivity index (χ4n) is 2.41. The summed E-state index contributed by atoms with van der Waals surface area (Å²) in [6.45, 7) is 0. The van der Waals surface area contributed by atoms with Gasteiger partial charge in [0.2, 0.25) is 5.89 Å². The van der Waals surface area contributed by atoms with Crippen LogP contribution in [0, 0.1) is 0 Å². The van der Waals surface area contributed by atoms with Gasteiger partial charge in [-0.2, -0.15) is 0 Å². The molecule has 1 aromatic heterocycles. The number of aromatic nitrogens is 2. The number of nitrogens with zero attached hydrogens (tertiary/aromatic N) is 3. The summed E-state index contributed by atoms with van der Waals surface area (Å²) in [5.41, 5.74) is 0.749. The second-order valence-corrected chi connectivity index (χ2v) is 8.53. The predicted octanol–water partition coefficient (Wildman–Crippen LogP) is 3.48. The third kappa shape index (κ3) is 2.06. The Morgan fingerprint density at radius 3 is 2.59 bits per heavy atom. The Bertz CT molecular complexity index is 731. The number of amides is 1. The molecule has 0 radical (unpaired) electrons. The van der Waals surface area contributed by atoms with Crippen LogP contribution in [0.5, 0.6) is 0 Å². The summed E-state index contributed by atoms with van der Waals surface area (Å²) in [6.07, 6.45) is 0. The average molecular weight is 374 g/mol. The minimum Gasteiger partial charge on any atom is -0.403 e. The quantitative estimate of drug-likeness (QED) is 0.593. The molecule has 2 fully saturated rings. The van der Waals surface area contributed by atoms with Crippen molar-refractivity contribution >= 4 is 58.6 Å². The molecule has 2 saturated heterocycles. The van der Waals surface area contributed by atoms with Crippen molar-refractivity contribution in [2.45, 2.75) is 9.58 Å². The summed E-state index contributed by atoms with van der Waals surface area (Å²) in [5, 5.41) is 8.10. The zero-order valence-corrected chi connectivity index (χ0v) is 14.2. The third-order valence-corrected chi connectivity index (χ3v) is 7.93. The van der Waals surface area contributed by atoms with Crippen LogP contribution in [0.2, 0.25) is 5.02 Å². The molecule has 0 bridgehead atoms. The largest absolute Gasteiger partial charge is 0.403 e. The molecular weight excluding hydrogens is 365 g/mol. The fourth-order valence-corrected chi connectivity index (χ4v) is 6.28. The van der Waals surface area contributed by atoms with Crippen LogP contribution in [0.3, 0.4) is 0 Å². The molecule has 5 nitrogen and oxygen atoms in total. The second kappa shape index (κ2) is 5.33. The third-order valence-electron chi connectivity index (χ3n) is 3.47. The van der Waals surface area contributed by atoms with Crippen LogP contribution in [0.15, 0.2) is 28.7 Å². The lowest BCUT2D eigenvalue weighted by molar-refractivity contribution is -0.123. The van der Waals surface area contributed by atoms with Crippen molar-refractivity contribution in [2.24, 2.45) is 0 Å². The first-order chi connectivity index (χ1) is 10.6. The van der Waals surface area contributed by atoms with Crippen molar-refractivity contribution in [3.05, 3.63) is 29.3 Å². The van der Waals surface area contributed by atoms with Crippen molar-refractivity contribution in [1.82, 2.24) is 10.2 Å². The fraction of sp³-hybridized carbons (Fsp3) is 0.308. The summed E-state index contributed by atoms with van der Waals surface area (Å²) in [4.78, 5) is 13.6. The maximum absolute atomic E-state index is 12.1. The van der Waals surface area contributed by atoms with Crippen LogP contribution in [-0.4, -0.2) is 37.2 Å². The molecule has 0 N–H and O–H groups in total. The van der Waals surface area contributed by atoms with Gasteiger partial charge < -0.3 is 4.42 Å². The van der Waals surface area contributed by atoms with Crippen molar-refractivity contribution in [3.8, 4) is 11.5 Å². The van der Waals surface area contributed by atoms with Crippen LogP contribution in [0.1, 0.15) is 0 Å². The van der Waals surface area contributed by atoms with Gasteiger partial charge in [-0.05, 0) is 24.3 Å². The Balaban J connectivity index is 1.66. The number of carbonyl (C=O) groups is 1. The van der Waals surface area contributed by atoms with Gasteiger partial charge in [-0.25, -0.2) is 4.90 Å². The normalized spacial score (nSPS) is 23.1. The molecular formula is C13H9Cl2N3O2S2. The molecule has 114 valence electrons. The van der Waals surface area contributed by atoms with Gasteiger partial charge in [-0.15, -0.1) is 40.2 Å². The molecule has 3 heterocycles. The Morgan fingerprint density at radius 1 is 1.23 bits per heavy atom. The number of carbonyl (C=O) groups excluding carboxylic acids is 1. The minimum atomic E-state index is -0.559. The highest BCUT2D eigenvalue weighted by atomic mass is 35.5. The molecule has 1 atom stereocenters. The van der Waals surface area contributed by atoms with E-state index in [0.29, 0.717) is 10.9 Å². The van der Waals surface area contributed by atoms with Crippen molar-refractivity contribution in [1.29, 1.82) is 0 Å². The smallest absolute Gasteiger partial charge is 0.327 e. The Hall–Kier alpha value is -0.890. The highest BCUT2D eigenvalue weighted by Gasteiger charge is 2.64. The van der Waals surface area contributed by atoms with E-state index < -0.39 is 9.58 Å². The standard InChI is InChI=1S/C13H9Cl2N3O2S2/c14-8-3-1-7(2-4-8)10-16-17-12(20-10)18-11(19)9(15)13(18)21-5-6-22-13/h1-4,9H,5-6H2. The number of β-lactam (4-membered cyclic amide) rings is 1. The maximum Gasteiger partial charge on any atom is 0.327 e. The van der Waals surface area contributed by atoms with Crippen LogP contribution in [0.4, 0.5) is 6.01 Å². The number of halogens is 2. The second-order valence-electron chi connectivity index (χ2n) is 4.76. The van der Waals surface area contributed by atoms with E-state index in [2.05, 4.69) is 10.2 Å². The van der Waals surface area contributed by atoms with Gasteiger partial charge in [-0.1, -0.05) is 16.7 Å². The maximum atomic E-state index is 12.1. The number of benzene rings is 1. The molecule has 9 heteroatoms. The van der Waals surface area contributed by atoms with E-state index in [1.165, 1.54) is 4.90 Å². The lowest BCUT2D eigenvalue weighted by Crippen LogP contribution is -2.68. The van der Waals surface area contributed by atoms with Gasteiger partial charge in [0.15, 0.2) is 9.58 Å². The molecule has 0 saturated carbocycles. The molecule has 2 aliphatic rings. The molecule has 0 aliphatic carbocycles. The first-order valence-electron chi connectivity index (χ1n) is 6.47. The molecule has 1 spiro atoms. The van der Waals surface area contributed by atoms with E-state index in [0.717, 1.165) is 17.1 Å². The molecule has 22 heavy (non-hydrogen) atoms. The molecule has 1 amide bonds. The SMILES string of the molecule is O=C1C(Cl)C2(SCCS2)N1c1nnc(-c2ccc(Cl)cc2)o1. The van der Waals surface area contributed by atoms with Gasteiger partial charge in [0.1, 0.15) is 0 Å². The highest BCUT2D eigenvalue weighted by molar-refractivity contribution is 8.21. The highest BCUT2D eigenvalue weighted by Crippen LogP contribution is 2.58. The molecule has 1 aromatic carbocycles. The number of rotatable bonds is 2. The molecule has 4 rings (SSSR count). The Morgan fingerprint density at radius 2 is 1.91 bits per heavy atom. The summed E-state index contributed by atoms with van der Waals surface area (Å²) < 4.78 is 5.16. The topological polar surface area (TPSA) is 59.2 Å². The van der Waals surface area contributed by atoms with E-state index in [9.17, 15) is 4.79 Å². The van der Waals surface area contributed by atoms with Gasteiger partial charge in [0.05, 0.1) is 0 Å². The first-order valence-corrected chi connectivity index (χ1v) is 9.26. The monoisotopic (exact) mass is 373 g/mol. The predicted molar refractivity (Wildman–Crippen MR) is 89.5 cm³/mol. The number of alkyl halides is 1. The molecule has 1 unspecified atom stereocenters. The van der Waals surface area contributed by atoms with Gasteiger partial charge >= 0.3 is 6.01 Å². The number of thioether (sulfide) groups is 2. The molecule has 2 aliphatic heterocycles. The Labute approximate surface area is 144 Å². The summed E-state index contributed by atoms with van der Waals surface area (Å²) in [5.74, 6) is 2.03. The zero-order chi connectivity index (χ0) is 15.3. The first kappa shape index (κ1) is 14.7. The van der Waals surface area contributed by atoms with E-state index in [-0.39, 0.29) is 11.9 Å². The van der Waals surface area contributed by atoms with E-state index in [1.807, 2.05) is 0 Å². The van der Waals surface area contributed by atoms with E-state index >= 15 is 0 Å². The summed E-state index contributed by atoms with van der Waals surface area (Å²) in [6, 6.07) is 7.25. The number of hydrogen-bond acceptors (Lipinski definition) is 6. The minimum absolute atomic E-state index is 0.189. The van der Waals surface area contributed by atoms with Crippen LogP contribution < -0.4 is 4.90 Å². The zero-order valence-electron chi connectivity index (χ0n) is 11.0. The van der Waals surface area contributed by atoms with Crippen LogP contribution in [0.25, 0.3) is 11.5 Å². The summed E-state index contributed by atoms with van der Waals surface area (Å²) >= 11 is 15.4. The van der Waals surface area contributed by atoms with Crippen molar-refractivity contribution in [3.63, 3.8) is 0 Å². The molecule has 2 aromatic rings. The van der Waals surface area contributed by atoms with E-state index in [4.69, 9.17) is 27.6 Å². The van der Waals surface area contributed by atoms with Gasteiger partial charge in [0, 0.05) is 22.1 Å². The average Bonchev–Trinajstić information content (AvgIpc) is 3.19.